The van der Waals surface area contributed by atoms with Crippen molar-refractivity contribution in [3.8, 4) is 5.75 Å². The van der Waals surface area contributed by atoms with Crippen LogP contribution in [0.4, 0.5) is 11.4 Å². The molecular formula is C25H27N3O5S. The molecule has 0 unspecified atom stereocenters. The monoisotopic (exact) mass is 481 g/mol. The second-order valence-corrected chi connectivity index (χ2v) is 8.45. The molecule has 1 N–H and O–H groups in total. The molecule has 34 heavy (non-hydrogen) atoms. The zero-order chi connectivity index (χ0) is 24.2. The molecule has 1 aliphatic carbocycles. The number of esters is 1. The molecule has 1 aliphatic heterocycles. The first-order valence-corrected chi connectivity index (χ1v) is 11.8. The summed E-state index contributed by atoms with van der Waals surface area (Å²) in [6, 6.07) is 13.1. The van der Waals surface area contributed by atoms with Crippen LogP contribution in [0.5, 0.6) is 5.75 Å². The van der Waals surface area contributed by atoms with Gasteiger partial charge in [0.2, 0.25) is 5.91 Å². The van der Waals surface area contributed by atoms with E-state index >= 15 is 0 Å². The molecule has 1 heterocycles. The van der Waals surface area contributed by atoms with Crippen LogP contribution in [0.25, 0.3) is 0 Å². The van der Waals surface area contributed by atoms with E-state index in [0.717, 1.165) is 18.6 Å². The summed E-state index contributed by atoms with van der Waals surface area (Å²) >= 11 is 5.66. The molecule has 2 amide bonds. The highest BCUT2D eigenvalue weighted by atomic mass is 32.1. The Balaban J connectivity index is 1.48. The van der Waals surface area contributed by atoms with Crippen LogP contribution < -0.4 is 15.0 Å². The molecule has 2 aliphatic rings. The molecule has 1 saturated carbocycles. The highest BCUT2D eigenvalue weighted by Crippen LogP contribution is 2.37. The molecule has 0 aromatic heterocycles. The summed E-state index contributed by atoms with van der Waals surface area (Å²) < 4.78 is 10.4. The molecule has 0 spiro atoms. The van der Waals surface area contributed by atoms with Crippen molar-refractivity contribution in [3.05, 3.63) is 54.1 Å². The normalized spacial score (nSPS) is 17.6. The lowest BCUT2D eigenvalue weighted by Gasteiger charge is -2.23. The number of ether oxygens (including phenoxy) is 2. The van der Waals surface area contributed by atoms with Crippen LogP contribution >= 0.6 is 12.2 Å². The van der Waals surface area contributed by atoms with E-state index < -0.39 is 12.0 Å². The highest BCUT2D eigenvalue weighted by Gasteiger charge is 2.49. The molecular weight excluding hydrogens is 454 g/mol. The van der Waals surface area contributed by atoms with Gasteiger partial charge in [0, 0.05) is 11.7 Å². The number of amides is 2. The van der Waals surface area contributed by atoms with Crippen molar-refractivity contribution in [1.29, 1.82) is 0 Å². The number of carbonyl (C=O) groups excluding carboxylic acids is 3. The first-order chi connectivity index (χ1) is 16.4. The lowest BCUT2D eigenvalue weighted by molar-refractivity contribution is -0.124. The molecule has 0 radical (unpaired) electrons. The number of benzene rings is 2. The first kappa shape index (κ1) is 23.7. The fraction of sp³-hybridized carbons (Fsp3) is 0.360. The second-order valence-electron chi connectivity index (χ2n) is 8.09. The van der Waals surface area contributed by atoms with Gasteiger partial charge < -0.3 is 19.7 Å². The summed E-state index contributed by atoms with van der Waals surface area (Å²) in [5.41, 5.74) is 1.59. The second kappa shape index (κ2) is 10.2. The third kappa shape index (κ3) is 5.04. The molecule has 0 bridgehead atoms. The number of rotatable bonds is 9. The van der Waals surface area contributed by atoms with Crippen LogP contribution in [0.3, 0.4) is 0 Å². The van der Waals surface area contributed by atoms with Gasteiger partial charge in [0.1, 0.15) is 11.8 Å². The van der Waals surface area contributed by atoms with Gasteiger partial charge in [0.15, 0.2) is 5.11 Å². The van der Waals surface area contributed by atoms with E-state index in [4.69, 9.17) is 21.7 Å². The van der Waals surface area contributed by atoms with Crippen LogP contribution in [-0.2, 0) is 14.3 Å². The topological polar surface area (TPSA) is 88.2 Å². The number of thiocarbonyl (C=S) groups is 1. The Morgan fingerprint density at radius 1 is 1.03 bits per heavy atom. The van der Waals surface area contributed by atoms with E-state index in [2.05, 4.69) is 5.32 Å². The molecule has 2 fully saturated rings. The van der Waals surface area contributed by atoms with Crippen molar-refractivity contribution in [2.45, 2.75) is 45.2 Å². The summed E-state index contributed by atoms with van der Waals surface area (Å²) in [7, 11) is 0. The van der Waals surface area contributed by atoms with Gasteiger partial charge in [0.25, 0.3) is 5.91 Å². The Kier molecular flexibility index (Phi) is 7.12. The van der Waals surface area contributed by atoms with E-state index in [1.165, 1.54) is 4.90 Å². The number of carbonyl (C=O) groups is 3. The third-order valence-electron chi connectivity index (χ3n) is 5.66. The van der Waals surface area contributed by atoms with E-state index in [9.17, 15) is 14.4 Å². The van der Waals surface area contributed by atoms with E-state index in [1.807, 2.05) is 11.8 Å². The molecule has 8 nitrogen and oxygen atoms in total. The summed E-state index contributed by atoms with van der Waals surface area (Å²) in [5, 5.41) is 3.24. The summed E-state index contributed by atoms with van der Waals surface area (Å²) in [6.07, 6.45) is 1.85. The van der Waals surface area contributed by atoms with Crippen LogP contribution in [0.1, 0.15) is 43.5 Å². The fourth-order valence-corrected chi connectivity index (χ4v) is 4.42. The van der Waals surface area contributed by atoms with E-state index in [-0.39, 0.29) is 30.9 Å². The van der Waals surface area contributed by atoms with Crippen LogP contribution in [-0.4, -0.2) is 53.1 Å². The Morgan fingerprint density at radius 2 is 1.71 bits per heavy atom. The Hall–Kier alpha value is -3.46. The highest BCUT2D eigenvalue weighted by molar-refractivity contribution is 7.80. The average molecular weight is 482 g/mol. The zero-order valence-electron chi connectivity index (χ0n) is 19.2. The Morgan fingerprint density at radius 3 is 2.29 bits per heavy atom. The number of anilines is 2. The number of hydrogen-bond donors (Lipinski definition) is 1. The maximum atomic E-state index is 13.4. The molecule has 1 saturated heterocycles. The maximum absolute atomic E-state index is 13.4. The lowest BCUT2D eigenvalue weighted by atomic mass is 10.1. The van der Waals surface area contributed by atoms with Crippen molar-refractivity contribution in [1.82, 2.24) is 4.90 Å². The number of nitrogens with zero attached hydrogens (tertiary/aromatic N) is 2. The first-order valence-electron chi connectivity index (χ1n) is 11.4. The summed E-state index contributed by atoms with van der Waals surface area (Å²) in [5.74, 6) is -0.215. The fourth-order valence-electron chi connectivity index (χ4n) is 3.95. The molecule has 2 aromatic carbocycles. The van der Waals surface area contributed by atoms with Crippen molar-refractivity contribution in [2.75, 3.05) is 23.4 Å². The zero-order valence-corrected chi connectivity index (χ0v) is 20.0. The van der Waals surface area contributed by atoms with Gasteiger partial charge in [-0.25, -0.2) is 4.79 Å². The SMILES string of the molecule is CCOC(=O)c1ccc(N2C(=O)[C@@H](CC(=O)Nc3ccc(OCC)cc3)N(C3CC3)C2=S)cc1. The van der Waals surface area contributed by atoms with Gasteiger partial charge in [0.05, 0.1) is 30.9 Å². The molecule has 2 aromatic rings. The number of hydrogen-bond acceptors (Lipinski definition) is 6. The van der Waals surface area contributed by atoms with Gasteiger partial charge >= 0.3 is 5.97 Å². The van der Waals surface area contributed by atoms with Crippen LogP contribution in [0.2, 0.25) is 0 Å². The maximum Gasteiger partial charge on any atom is 0.338 e. The van der Waals surface area contributed by atoms with Crippen molar-refractivity contribution in [2.24, 2.45) is 0 Å². The minimum Gasteiger partial charge on any atom is -0.494 e. The van der Waals surface area contributed by atoms with Gasteiger partial charge in [-0.3, -0.25) is 14.5 Å². The number of nitrogens with one attached hydrogen (secondary N) is 1. The quantitative estimate of drug-likeness (QED) is 0.431. The van der Waals surface area contributed by atoms with Gasteiger partial charge in [-0.1, -0.05) is 0 Å². The van der Waals surface area contributed by atoms with E-state index in [0.29, 0.717) is 28.7 Å². The largest absolute Gasteiger partial charge is 0.494 e. The van der Waals surface area contributed by atoms with E-state index in [1.54, 1.807) is 55.5 Å². The Labute approximate surface area is 203 Å². The molecule has 178 valence electrons. The molecule has 4 rings (SSSR count). The third-order valence-corrected chi connectivity index (χ3v) is 6.05. The van der Waals surface area contributed by atoms with Gasteiger partial charge in [-0.15, -0.1) is 0 Å². The van der Waals surface area contributed by atoms with Crippen molar-refractivity contribution < 1.29 is 23.9 Å². The van der Waals surface area contributed by atoms with Gasteiger partial charge in [-0.2, -0.15) is 0 Å². The molecule has 1 atom stereocenters. The standard InChI is InChI=1S/C25H27N3O5S/c1-3-32-20-13-7-17(8-14-20)26-22(29)15-21-23(30)28(25(34)27(21)18-11-12-18)19-9-5-16(6-10-19)24(31)33-4-2/h5-10,13-14,18,21H,3-4,11-12,15H2,1-2H3,(H,26,29)/t21-/m1/s1. The summed E-state index contributed by atoms with van der Waals surface area (Å²) in [4.78, 5) is 41.5. The van der Waals surface area contributed by atoms with Crippen LogP contribution in [0, 0.1) is 0 Å². The van der Waals surface area contributed by atoms with Crippen LogP contribution in [0.15, 0.2) is 48.5 Å². The lowest BCUT2D eigenvalue weighted by Crippen LogP contribution is -2.39. The predicted molar refractivity (Wildman–Crippen MR) is 132 cm³/mol. The van der Waals surface area contributed by atoms with Crippen molar-refractivity contribution >= 4 is 46.5 Å². The average Bonchev–Trinajstić information content (AvgIpc) is 3.62. The summed E-state index contributed by atoms with van der Waals surface area (Å²) in [6.45, 7) is 4.50. The van der Waals surface area contributed by atoms with Crippen molar-refractivity contribution in [3.63, 3.8) is 0 Å². The Bertz CT molecular complexity index is 1080. The minimum absolute atomic E-state index is 0.0138. The predicted octanol–water partition coefficient (Wildman–Crippen LogP) is 3.76. The molecule has 9 heteroatoms. The minimum atomic E-state index is -0.674. The van der Waals surface area contributed by atoms with Gasteiger partial charge in [-0.05, 0) is 87.4 Å². The smallest absolute Gasteiger partial charge is 0.338 e.